The number of halogens is 1. The lowest BCUT2D eigenvalue weighted by Gasteiger charge is -2.21. The van der Waals surface area contributed by atoms with Gasteiger partial charge in [0.15, 0.2) is 0 Å². The normalized spacial score (nSPS) is 12.1. The Morgan fingerprint density at radius 2 is 1.89 bits per heavy atom. The van der Waals surface area contributed by atoms with Gasteiger partial charge in [0.25, 0.3) is 0 Å². The number of carbonyl (C=O) groups is 2. The molecule has 1 aromatic carbocycles. The molecule has 0 aromatic heterocycles. The van der Waals surface area contributed by atoms with E-state index < -0.39 is 6.04 Å². The van der Waals surface area contributed by atoms with Crippen LogP contribution in [0.25, 0.3) is 0 Å². The minimum absolute atomic E-state index is 0.0107. The van der Waals surface area contributed by atoms with Gasteiger partial charge in [-0.1, -0.05) is 25.4 Å². The molecule has 0 saturated heterocycles. The molecular formula is C14H19ClN2O2. The highest BCUT2D eigenvalue weighted by Gasteiger charge is 2.23. The Morgan fingerprint density at radius 1 is 1.26 bits per heavy atom. The van der Waals surface area contributed by atoms with Crippen molar-refractivity contribution in [3.8, 4) is 0 Å². The van der Waals surface area contributed by atoms with Crippen molar-refractivity contribution < 1.29 is 9.59 Å². The van der Waals surface area contributed by atoms with Crippen molar-refractivity contribution in [2.24, 2.45) is 5.92 Å². The lowest BCUT2D eigenvalue weighted by Crippen LogP contribution is -2.46. The van der Waals surface area contributed by atoms with Gasteiger partial charge in [-0.05, 0) is 36.6 Å². The number of benzene rings is 1. The first-order valence-corrected chi connectivity index (χ1v) is 6.53. The Labute approximate surface area is 118 Å². The zero-order valence-electron chi connectivity index (χ0n) is 11.6. The van der Waals surface area contributed by atoms with E-state index in [1.54, 1.807) is 18.2 Å². The van der Waals surface area contributed by atoms with Crippen LogP contribution in [0.4, 0.5) is 5.69 Å². The fourth-order valence-corrected chi connectivity index (χ4v) is 1.96. The third kappa shape index (κ3) is 4.56. The van der Waals surface area contributed by atoms with Gasteiger partial charge in [0.1, 0.15) is 6.04 Å². The van der Waals surface area contributed by atoms with E-state index in [4.69, 9.17) is 11.6 Å². The molecule has 0 bridgehead atoms. The Hall–Kier alpha value is -1.55. The molecule has 1 aromatic rings. The highest BCUT2D eigenvalue weighted by atomic mass is 35.5. The number of nitrogens with one attached hydrogen (secondary N) is 2. The Bertz CT molecular complexity index is 486. The maximum absolute atomic E-state index is 12.2. The van der Waals surface area contributed by atoms with Crippen LogP contribution in [0.2, 0.25) is 5.02 Å². The molecule has 1 rings (SSSR count). The van der Waals surface area contributed by atoms with Gasteiger partial charge in [-0.2, -0.15) is 0 Å². The van der Waals surface area contributed by atoms with Crippen LogP contribution in [0.3, 0.4) is 0 Å². The number of amides is 2. The standard InChI is InChI=1S/C14H19ClN2O2/c1-8(2)13(16-10(4)18)14(19)17-12-6-5-11(15)7-9(12)3/h5-8,13H,1-4H3,(H,16,18)(H,17,19)/t13-/m0/s1. The monoisotopic (exact) mass is 282 g/mol. The van der Waals surface area contributed by atoms with Crippen LogP contribution in [0, 0.1) is 12.8 Å². The van der Waals surface area contributed by atoms with Gasteiger partial charge >= 0.3 is 0 Å². The molecule has 2 N–H and O–H groups in total. The molecule has 0 aliphatic rings. The molecule has 2 amide bonds. The summed E-state index contributed by atoms with van der Waals surface area (Å²) < 4.78 is 0. The molecule has 1 atom stereocenters. The summed E-state index contributed by atoms with van der Waals surface area (Å²) in [4.78, 5) is 23.3. The Morgan fingerprint density at radius 3 is 2.37 bits per heavy atom. The van der Waals surface area contributed by atoms with Crippen molar-refractivity contribution in [2.45, 2.75) is 33.7 Å². The van der Waals surface area contributed by atoms with Crippen molar-refractivity contribution in [1.29, 1.82) is 0 Å². The molecule has 0 heterocycles. The molecule has 104 valence electrons. The molecule has 0 saturated carbocycles. The predicted octanol–water partition coefficient (Wildman–Crippen LogP) is 2.75. The lowest BCUT2D eigenvalue weighted by atomic mass is 10.0. The van der Waals surface area contributed by atoms with E-state index >= 15 is 0 Å². The van der Waals surface area contributed by atoms with Crippen LogP contribution in [0.1, 0.15) is 26.3 Å². The zero-order valence-corrected chi connectivity index (χ0v) is 12.3. The minimum atomic E-state index is -0.549. The van der Waals surface area contributed by atoms with E-state index in [9.17, 15) is 9.59 Å². The fourth-order valence-electron chi connectivity index (χ4n) is 1.73. The first-order chi connectivity index (χ1) is 8.81. The first-order valence-electron chi connectivity index (χ1n) is 6.15. The summed E-state index contributed by atoms with van der Waals surface area (Å²) in [6, 6.07) is 4.70. The van der Waals surface area contributed by atoms with Crippen molar-refractivity contribution in [3.05, 3.63) is 28.8 Å². The number of hydrogen-bond acceptors (Lipinski definition) is 2. The summed E-state index contributed by atoms with van der Waals surface area (Å²) in [6.07, 6.45) is 0. The van der Waals surface area contributed by atoms with Crippen LogP contribution in [-0.2, 0) is 9.59 Å². The largest absolute Gasteiger partial charge is 0.344 e. The molecule has 0 aliphatic carbocycles. The van der Waals surface area contributed by atoms with Crippen LogP contribution in [-0.4, -0.2) is 17.9 Å². The SMILES string of the molecule is CC(=O)N[C@H](C(=O)Nc1ccc(Cl)cc1C)C(C)C. The second-order valence-electron chi connectivity index (χ2n) is 4.87. The predicted molar refractivity (Wildman–Crippen MR) is 77.3 cm³/mol. The number of rotatable bonds is 4. The van der Waals surface area contributed by atoms with Crippen LogP contribution < -0.4 is 10.6 Å². The quantitative estimate of drug-likeness (QED) is 0.892. The second-order valence-corrected chi connectivity index (χ2v) is 5.31. The molecule has 0 unspecified atom stereocenters. The second kappa shape index (κ2) is 6.57. The Kier molecular flexibility index (Phi) is 5.36. The highest BCUT2D eigenvalue weighted by molar-refractivity contribution is 6.30. The van der Waals surface area contributed by atoms with Gasteiger partial charge in [-0.15, -0.1) is 0 Å². The molecule has 0 radical (unpaired) electrons. The molecule has 0 aliphatic heterocycles. The number of aryl methyl sites for hydroxylation is 1. The van der Waals surface area contributed by atoms with Gasteiger partial charge in [0.05, 0.1) is 0 Å². The average molecular weight is 283 g/mol. The average Bonchev–Trinajstić information content (AvgIpc) is 2.29. The lowest BCUT2D eigenvalue weighted by molar-refractivity contribution is -0.126. The van der Waals surface area contributed by atoms with Crippen LogP contribution >= 0.6 is 11.6 Å². The van der Waals surface area contributed by atoms with Gasteiger partial charge in [-0.25, -0.2) is 0 Å². The topological polar surface area (TPSA) is 58.2 Å². The first kappa shape index (κ1) is 15.5. The molecule has 5 heteroatoms. The summed E-state index contributed by atoms with van der Waals surface area (Å²) in [7, 11) is 0. The highest BCUT2D eigenvalue weighted by Crippen LogP contribution is 2.20. The molecule has 4 nitrogen and oxygen atoms in total. The summed E-state index contributed by atoms with van der Waals surface area (Å²) in [5, 5.41) is 6.09. The number of hydrogen-bond donors (Lipinski definition) is 2. The molecule has 19 heavy (non-hydrogen) atoms. The van der Waals surface area contributed by atoms with E-state index in [0.717, 1.165) is 5.56 Å². The maximum Gasteiger partial charge on any atom is 0.247 e. The van der Waals surface area contributed by atoms with Crippen LogP contribution in [0.15, 0.2) is 18.2 Å². The molecular weight excluding hydrogens is 264 g/mol. The Balaban J connectivity index is 2.84. The third-order valence-electron chi connectivity index (χ3n) is 2.75. The van der Waals surface area contributed by atoms with E-state index in [1.807, 2.05) is 20.8 Å². The maximum atomic E-state index is 12.2. The van der Waals surface area contributed by atoms with Gasteiger partial charge in [-0.3, -0.25) is 9.59 Å². The van der Waals surface area contributed by atoms with Crippen molar-refractivity contribution >= 4 is 29.1 Å². The summed E-state index contributed by atoms with van der Waals surface area (Å²) in [5.41, 5.74) is 1.58. The number of carbonyl (C=O) groups excluding carboxylic acids is 2. The minimum Gasteiger partial charge on any atom is -0.344 e. The van der Waals surface area contributed by atoms with E-state index in [1.165, 1.54) is 6.92 Å². The van der Waals surface area contributed by atoms with Crippen molar-refractivity contribution in [2.75, 3.05) is 5.32 Å². The number of anilines is 1. The van der Waals surface area contributed by atoms with Gasteiger partial charge < -0.3 is 10.6 Å². The van der Waals surface area contributed by atoms with E-state index in [-0.39, 0.29) is 17.7 Å². The smallest absolute Gasteiger partial charge is 0.247 e. The third-order valence-corrected chi connectivity index (χ3v) is 2.99. The van der Waals surface area contributed by atoms with Gasteiger partial charge in [0, 0.05) is 17.6 Å². The van der Waals surface area contributed by atoms with Crippen molar-refractivity contribution in [3.63, 3.8) is 0 Å². The van der Waals surface area contributed by atoms with Crippen LogP contribution in [0.5, 0.6) is 0 Å². The van der Waals surface area contributed by atoms with Crippen molar-refractivity contribution in [1.82, 2.24) is 5.32 Å². The summed E-state index contributed by atoms with van der Waals surface area (Å²) in [5.74, 6) is -0.436. The van der Waals surface area contributed by atoms with E-state index in [0.29, 0.717) is 10.7 Å². The summed E-state index contributed by atoms with van der Waals surface area (Å²) >= 11 is 5.87. The van der Waals surface area contributed by atoms with E-state index in [2.05, 4.69) is 10.6 Å². The summed E-state index contributed by atoms with van der Waals surface area (Å²) in [6.45, 7) is 7.03. The fraction of sp³-hybridized carbons (Fsp3) is 0.429. The van der Waals surface area contributed by atoms with Gasteiger partial charge in [0.2, 0.25) is 11.8 Å². The zero-order chi connectivity index (χ0) is 14.6. The molecule has 0 fully saturated rings. The molecule has 0 spiro atoms.